The van der Waals surface area contributed by atoms with E-state index in [2.05, 4.69) is 18.8 Å². The van der Waals surface area contributed by atoms with Crippen molar-refractivity contribution in [2.75, 3.05) is 6.54 Å². The Labute approximate surface area is 76.2 Å². The quantitative estimate of drug-likeness (QED) is 0.490. The molecule has 1 aliphatic carbocycles. The van der Waals surface area contributed by atoms with Crippen molar-refractivity contribution in [2.24, 2.45) is 5.92 Å². The van der Waals surface area contributed by atoms with Gasteiger partial charge in [0.1, 0.15) is 0 Å². The van der Waals surface area contributed by atoms with Crippen LogP contribution in [0.1, 0.15) is 39.0 Å². The molecule has 1 atom stereocenters. The molecule has 0 amide bonds. The lowest BCUT2D eigenvalue weighted by atomic mass is 10.00. The van der Waals surface area contributed by atoms with Crippen molar-refractivity contribution in [3.63, 3.8) is 0 Å². The molecule has 0 bridgehead atoms. The third kappa shape index (κ3) is 2.98. The van der Waals surface area contributed by atoms with E-state index in [9.17, 15) is 0 Å². The minimum absolute atomic E-state index is 0.715. The summed E-state index contributed by atoms with van der Waals surface area (Å²) in [5.74, 6) is 0.940. The molecule has 1 rings (SSSR count). The van der Waals surface area contributed by atoms with Crippen LogP contribution in [-0.4, -0.2) is 12.6 Å². The number of hydrogen-bond acceptors (Lipinski definition) is 1. The van der Waals surface area contributed by atoms with Gasteiger partial charge in [-0.05, 0) is 38.6 Å². The van der Waals surface area contributed by atoms with Gasteiger partial charge in [-0.2, -0.15) is 0 Å². The second kappa shape index (κ2) is 5.36. The Hall–Kier alpha value is -0.300. The molecular formula is C11H21N. The summed E-state index contributed by atoms with van der Waals surface area (Å²) in [6.45, 7) is 7.13. The maximum Gasteiger partial charge on any atom is 0.00671 e. The van der Waals surface area contributed by atoms with E-state index in [1.54, 1.807) is 0 Å². The van der Waals surface area contributed by atoms with Crippen molar-refractivity contribution in [1.82, 2.24) is 5.32 Å². The van der Waals surface area contributed by atoms with Gasteiger partial charge >= 0.3 is 0 Å². The first-order valence-corrected chi connectivity index (χ1v) is 5.19. The van der Waals surface area contributed by atoms with Crippen LogP contribution in [0.3, 0.4) is 0 Å². The highest BCUT2D eigenvalue weighted by Gasteiger charge is 2.20. The molecule has 0 aliphatic heterocycles. The Morgan fingerprint density at radius 1 is 1.50 bits per heavy atom. The lowest BCUT2D eigenvalue weighted by molar-refractivity contribution is 0.385. The van der Waals surface area contributed by atoms with Crippen LogP contribution in [0.4, 0.5) is 0 Å². The third-order valence-corrected chi connectivity index (χ3v) is 2.92. The average molecular weight is 167 g/mol. The zero-order chi connectivity index (χ0) is 8.81. The fourth-order valence-electron chi connectivity index (χ4n) is 2.04. The molecule has 70 valence electrons. The normalized spacial score (nSPS) is 21.1. The van der Waals surface area contributed by atoms with Crippen LogP contribution in [0.5, 0.6) is 0 Å². The van der Waals surface area contributed by atoms with Crippen molar-refractivity contribution in [2.45, 2.75) is 45.1 Å². The van der Waals surface area contributed by atoms with Gasteiger partial charge in [-0.25, -0.2) is 0 Å². The van der Waals surface area contributed by atoms with Crippen molar-refractivity contribution >= 4 is 0 Å². The molecule has 1 N–H and O–H groups in total. The largest absolute Gasteiger partial charge is 0.314 e. The Kier molecular flexibility index (Phi) is 4.37. The average Bonchev–Trinajstić information content (AvgIpc) is 2.56. The van der Waals surface area contributed by atoms with Crippen LogP contribution in [0, 0.1) is 5.92 Å². The van der Waals surface area contributed by atoms with Crippen molar-refractivity contribution in [1.29, 1.82) is 0 Å². The number of rotatable bonds is 5. The van der Waals surface area contributed by atoms with Crippen LogP contribution in [0.2, 0.25) is 0 Å². The predicted octanol–water partition coefficient (Wildman–Crippen LogP) is 2.73. The third-order valence-electron chi connectivity index (χ3n) is 2.92. The summed E-state index contributed by atoms with van der Waals surface area (Å²) in [4.78, 5) is 0. The summed E-state index contributed by atoms with van der Waals surface area (Å²) < 4.78 is 0. The highest BCUT2D eigenvalue weighted by molar-refractivity contribution is 4.78. The first kappa shape index (κ1) is 9.79. The Morgan fingerprint density at radius 2 is 2.17 bits per heavy atom. The molecule has 0 unspecified atom stereocenters. The fraction of sp³-hybridized carbons (Fsp3) is 0.818. The highest BCUT2D eigenvalue weighted by Crippen LogP contribution is 2.27. The van der Waals surface area contributed by atoms with Crippen LogP contribution in [-0.2, 0) is 0 Å². The van der Waals surface area contributed by atoms with Gasteiger partial charge in [-0.15, -0.1) is 6.58 Å². The molecule has 0 aromatic carbocycles. The predicted molar refractivity (Wildman–Crippen MR) is 54.2 cm³/mol. The van der Waals surface area contributed by atoms with Gasteiger partial charge in [0.05, 0.1) is 0 Å². The second-order valence-electron chi connectivity index (χ2n) is 3.86. The molecule has 0 radical (unpaired) electrons. The molecule has 1 saturated carbocycles. The number of hydrogen-bond donors (Lipinski definition) is 1. The maximum absolute atomic E-state index is 3.72. The smallest absolute Gasteiger partial charge is 0.00671 e. The summed E-state index contributed by atoms with van der Waals surface area (Å²) in [7, 11) is 0. The van der Waals surface area contributed by atoms with Gasteiger partial charge in [0.25, 0.3) is 0 Å². The van der Waals surface area contributed by atoms with Gasteiger partial charge in [0, 0.05) is 6.04 Å². The molecule has 0 spiro atoms. The molecule has 0 aromatic rings. The molecule has 0 saturated heterocycles. The molecule has 12 heavy (non-hydrogen) atoms. The van der Waals surface area contributed by atoms with E-state index in [1.165, 1.54) is 25.7 Å². The van der Waals surface area contributed by atoms with Crippen molar-refractivity contribution in [3.8, 4) is 0 Å². The summed E-state index contributed by atoms with van der Waals surface area (Å²) in [6, 6.07) is 0.715. The minimum atomic E-state index is 0.715. The van der Waals surface area contributed by atoms with Gasteiger partial charge < -0.3 is 5.32 Å². The van der Waals surface area contributed by atoms with E-state index in [0.29, 0.717) is 6.04 Å². The molecule has 0 aromatic heterocycles. The molecule has 1 aliphatic rings. The summed E-state index contributed by atoms with van der Waals surface area (Å²) >= 11 is 0. The first-order chi connectivity index (χ1) is 5.84. The van der Waals surface area contributed by atoms with E-state index in [1.807, 2.05) is 6.08 Å². The van der Waals surface area contributed by atoms with E-state index < -0.39 is 0 Å². The van der Waals surface area contributed by atoms with Crippen LogP contribution in [0.15, 0.2) is 12.7 Å². The number of nitrogens with one attached hydrogen (secondary N) is 1. The summed E-state index contributed by atoms with van der Waals surface area (Å²) in [6.07, 6.45) is 8.83. The van der Waals surface area contributed by atoms with E-state index in [0.717, 1.165) is 18.9 Å². The van der Waals surface area contributed by atoms with E-state index in [4.69, 9.17) is 0 Å². The second-order valence-corrected chi connectivity index (χ2v) is 3.86. The fourth-order valence-corrected chi connectivity index (χ4v) is 2.04. The topological polar surface area (TPSA) is 12.0 Å². The van der Waals surface area contributed by atoms with Crippen molar-refractivity contribution < 1.29 is 0 Å². The van der Waals surface area contributed by atoms with E-state index in [-0.39, 0.29) is 0 Å². The lowest BCUT2D eigenvalue weighted by Crippen LogP contribution is -2.32. The van der Waals surface area contributed by atoms with Gasteiger partial charge in [0.2, 0.25) is 0 Å². The zero-order valence-electron chi connectivity index (χ0n) is 8.18. The van der Waals surface area contributed by atoms with Crippen molar-refractivity contribution in [3.05, 3.63) is 12.7 Å². The minimum Gasteiger partial charge on any atom is -0.314 e. The monoisotopic (exact) mass is 167 g/mol. The zero-order valence-corrected chi connectivity index (χ0v) is 8.18. The first-order valence-electron chi connectivity index (χ1n) is 5.19. The standard InChI is InChI=1S/C11H21N/c1-3-4-9-12-10(2)11-7-5-6-8-11/h3,10-12H,1,4-9H2,2H3/t10-/m1/s1. The lowest BCUT2D eigenvalue weighted by Gasteiger charge is -2.19. The van der Waals surface area contributed by atoms with Gasteiger partial charge in [-0.3, -0.25) is 0 Å². The van der Waals surface area contributed by atoms with Crippen LogP contribution >= 0.6 is 0 Å². The van der Waals surface area contributed by atoms with Crippen LogP contribution < -0.4 is 5.32 Å². The van der Waals surface area contributed by atoms with Gasteiger partial charge in [0.15, 0.2) is 0 Å². The molecule has 0 heterocycles. The molecule has 1 fully saturated rings. The molecule has 1 heteroatoms. The molecular weight excluding hydrogens is 146 g/mol. The Morgan fingerprint density at radius 3 is 2.75 bits per heavy atom. The van der Waals surface area contributed by atoms with Gasteiger partial charge in [-0.1, -0.05) is 18.9 Å². The SMILES string of the molecule is C=CCCN[C@H](C)C1CCCC1. The Bertz CT molecular complexity index is 125. The summed E-state index contributed by atoms with van der Waals surface area (Å²) in [5, 5.41) is 3.55. The van der Waals surface area contributed by atoms with E-state index >= 15 is 0 Å². The summed E-state index contributed by atoms with van der Waals surface area (Å²) in [5.41, 5.74) is 0. The Balaban J connectivity index is 2.09. The highest BCUT2D eigenvalue weighted by atomic mass is 14.9. The molecule has 1 nitrogen and oxygen atoms in total. The van der Waals surface area contributed by atoms with Crippen LogP contribution in [0.25, 0.3) is 0 Å². The maximum atomic E-state index is 3.72.